The van der Waals surface area contributed by atoms with Crippen LogP contribution in [0.3, 0.4) is 0 Å². The van der Waals surface area contributed by atoms with Gasteiger partial charge in [0, 0.05) is 22.5 Å². The molecule has 0 amide bonds. The minimum atomic E-state index is 0.402. The summed E-state index contributed by atoms with van der Waals surface area (Å²) in [5.41, 5.74) is 15.7. The normalized spacial score (nSPS) is 14.8. The first-order valence-electron chi connectivity index (χ1n) is 7.20. The van der Waals surface area contributed by atoms with E-state index in [-0.39, 0.29) is 0 Å². The number of aryl methyl sites for hydroxylation is 2. The molecule has 4 N–H and O–H groups in total. The molecule has 21 heavy (non-hydrogen) atoms. The molecule has 5 heteroatoms. The molecule has 0 radical (unpaired) electrons. The zero-order valence-corrected chi connectivity index (χ0v) is 12.1. The van der Waals surface area contributed by atoms with E-state index in [1.807, 2.05) is 31.2 Å². The van der Waals surface area contributed by atoms with Gasteiger partial charge in [0.1, 0.15) is 11.7 Å². The van der Waals surface area contributed by atoms with Gasteiger partial charge >= 0.3 is 0 Å². The first-order valence-corrected chi connectivity index (χ1v) is 7.20. The Hall–Kier alpha value is -2.43. The van der Waals surface area contributed by atoms with E-state index in [9.17, 15) is 0 Å². The Labute approximate surface area is 124 Å². The van der Waals surface area contributed by atoms with Crippen LogP contribution in [-0.2, 0) is 12.8 Å². The summed E-state index contributed by atoms with van der Waals surface area (Å²) in [4.78, 5) is 13.5. The Kier molecular flexibility index (Phi) is 3.56. The zero-order valence-electron chi connectivity index (χ0n) is 12.1. The minimum absolute atomic E-state index is 0.402. The fraction of sp³-hybridized carbons (Fsp3) is 0.312. The van der Waals surface area contributed by atoms with E-state index >= 15 is 0 Å². The Morgan fingerprint density at radius 1 is 1.14 bits per heavy atom. The van der Waals surface area contributed by atoms with Crippen molar-refractivity contribution in [1.29, 1.82) is 0 Å². The van der Waals surface area contributed by atoms with Crippen LogP contribution >= 0.6 is 0 Å². The third-order valence-corrected chi connectivity index (χ3v) is 3.74. The van der Waals surface area contributed by atoms with Gasteiger partial charge in [-0.3, -0.25) is 0 Å². The summed E-state index contributed by atoms with van der Waals surface area (Å²) in [7, 11) is 0. The number of aromatic nitrogens is 2. The second-order valence-corrected chi connectivity index (χ2v) is 5.31. The van der Waals surface area contributed by atoms with E-state index in [0.29, 0.717) is 17.3 Å². The molecule has 108 valence electrons. The molecular weight excluding hydrogens is 262 g/mol. The van der Waals surface area contributed by atoms with Crippen LogP contribution in [0, 0.1) is 6.92 Å². The molecule has 0 aliphatic heterocycles. The van der Waals surface area contributed by atoms with Crippen molar-refractivity contribution in [2.75, 3.05) is 5.73 Å². The van der Waals surface area contributed by atoms with Gasteiger partial charge in [0.15, 0.2) is 5.82 Å². The average Bonchev–Trinajstić information content (AvgIpc) is 2.47. The summed E-state index contributed by atoms with van der Waals surface area (Å²) in [5, 5.41) is 0. The van der Waals surface area contributed by atoms with Gasteiger partial charge in [0.05, 0.1) is 0 Å². The lowest BCUT2D eigenvalue weighted by Crippen LogP contribution is -2.16. The number of fused-ring (bicyclic) bond motifs is 1. The van der Waals surface area contributed by atoms with Gasteiger partial charge in [-0.2, -0.15) is 0 Å². The second-order valence-electron chi connectivity index (χ2n) is 5.31. The van der Waals surface area contributed by atoms with Gasteiger partial charge in [-0.15, -0.1) is 0 Å². The lowest BCUT2D eigenvalue weighted by Gasteiger charge is -2.16. The highest BCUT2D eigenvalue weighted by molar-refractivity contribution is 6.03. The number of nitrogens with zero attached hydrogens (tertiary/aromatic N) is 3. The van der Waals surface area contributed by atoms with Crippen molar-refractivity contribution >= 4 is 17.3 Å². The summed E-state index contributed by atoms with van der Waals surface area (Å²) in [5.74, 6) is 1.83. The smallest absolute Gasteiger partial charge is 0.161 e. The standard InChI is InChI=1S/C16H19N5/c1-10-19-14-9-5-3-7-12(14)16(20-10)21-15(18)11-6-2-4-8-13(11)17/h2,4,6,8H,3,5,7,9,17H2,1H3,(H2,18,19,20,21). The van der Waals surface area contributed by atoms with Gasteiger partial charge < -0.3 is 11.5 Å². The number of hydrogen-bond acceptors (Lipinski definition) is 4. The van der Waals surface area contributed by atoms with E-state index < -0.39 is 0 Å². The minimum Gasteiger partial charge on any atom is -0.398 e. The number of para-hydroxylation sites is 1. The zero-order chi connectivity index (χ0) is 14.8. The predicted molar refractivity (Wildman–Crippen MR) is 84.6 cm³/mol. The maximum atomic E-state index is 6.12. The van der Waals surface area contributed by atoms with E-state index in [2.05, 4.69) is 15.0 Å². The molecule has 2 aromatic rings. The van der Waals surface area contributed by atoms with Gasteiger partial charge in [0.2, 0.25) is 0 Å². The summed E-state index contributed by atoms with van der Waals surface area (Å²) < 4.78 is 0. The van der Waals surface area contributed by atoms with Crippen molar-refractivity contribution in [3.05, 3.63) is 46.9 Å². The molecule has 1 aliphatic carbocycles. The molecule has 0 bridgehead atoms. The van der Waals surface area contributed by atoms with Crippen molar-refractivity contribution in [3.8, 4) is 0 Å². The molecule has 0 atom stereocenters. The van der Waals surface area contributed by atoms with Crippen LogP contribution in [0.2, 0.25) is 0 Å². The van der Waals surface area contributed by atoms with Crippen LogP contribution < -0.4 is 11.5 Å². The summed E-state index contributed by atoms with van der Waals surface area (Å²) in [6.07, 6.45) is 4.28. The fourth-order valence-corrected chi connectivity index (χ4v) is 2.69. The number of rotatable bonds is 2. The van der Waals surface area contributed by atoms with E-state index in [1.165, 1.54) is 6.42 Å². The lowest BCUT2D eigenvalue weighted by molar-refractivity contribution is 0.659. The maximum absolute atomic E-state index is 6.12. The number of nitrogens with two attached hydrogens (primary N) is 2. The van der Waals surface area contributed by atoms with Crippen molar-refractivity contribution in [3.63, 3.8) is 0 Å². The molecule has 0 unspecified atom stereocenters. The molecule has 0 spiro atoms. The predicted octanol–water partition coefficient (Wildman–Crippen LogP) is 2.28. The first kappa shape index (κ1) is 13.5. The van der Waals surface area contributed by atoms with Gasteiger partial charge in [0.25, 0.3) is 0 Å². The molecule has 1 aliphatic rings. The quantitative estimate of drug-likeness (QED) is 0.502. The molecule has 0 fully saturated rings. The average molecular weight is 281 g/mol. The third kappa shape index (κ3) is 2.72. The van der Waals surface area contributed by atoms with Crippen LogP contribution in [0.1, 0.15) is 35.5 Å². The van der Waals surface area contributed by atoms with Gasteiger partial charge in [-0.1, -0.05) is 12.1 Å². The van der Waals surface area contributed by atoms with E-state index in [0.717, 1.165) is 41.9 Å². The highest BCUT2D eigenvalue weighted by atomic mass is 15.0. The third-order valence-electron chi connectivity index (χ3n) is 3.74. The highest BCUT2D eigenvalue weighted by Crippen LogP contribution is 2.27. The number of nitrogen functional groups attached to an aromatic ring is 1. The molecule has 3 rings (SSSR count). The number of benzene rings is 1. The topological polar surface area (TPSA) is 90.2 Å². The largest absolute Gasteiger partial charge is 0.398 e. The molecule has 5 nitrogen and oxygen atoms in total. The number of amidine groups is 1. The Bertz CT molecular complexity index is 706. The van der Waals surface area contributed by atoms with E-state index in [4.69, 9.17) is 11.5 Å². The van der Waals surface area contributed by atoms with Crippen LogP contribution in [0.4, 0.5) is 11.5 Å². The van der Waals surface area contributed by atoms with Crippen LogP contribution in [-0.4, -0.2) is 15.8 Å². The number of aliphatic imine (C=N–C) groups is 1. The molecule has 1 heterocycles. The summed E-state index contributed by atoms with van der Waals surface area (Å²) in [6.45, 7) is 1.89. The lowest BCUT2D eigenvalue weighted by atomic mass is 9.96. The summed E-state index contributed by atoms with van der Waals surface area (Å²) in [6, 6.07) is 7.46. The second kappa shape index (κ2) is 5.52. The monoisotopic (exact) mass is 281 g/mol. The fourth-order valence-electron chi connectivity index (χ4n) is 2.69. The maximum Gasteiger partial charge on any atom is 0.161 e. The highest BCUT2D eigenvalue weighted by Gasteiger charge is 2.17. The number of anilines is 1. The molecule has 1 aromatic heterocycles. The molecule has 1 aromatic carbocycles. The molecule has 0 saturated heterocycles. The Balaban J connectivity index is 2.07. The first-order chi connectivity index (χ1) is 10.1. The SMILES string of the molecule is Cc1nc2c(c(N=C(N)c3ccccc3N)n1)CCCC2. The van der Waals surface area contributed by atoms with Crippen molar-refractivity contribution < 1.29 is 0 Å². The van der Waals surface area contributed by atoms with E-state index in [1.54, 1.807) is 0 Å². The van der Waals surface area contributed by atoms with Crippen molar-refractivity contribution in [2.24, 2.45) is 10.7 Å². The van der Waals surface area contributed by atoms with Crippen LogP contribution in [0.5, 0.6) is 0 Å². The Morgan fingerprint density at radius 3 is 2.71 bits per heavy atom. The van der Waals surface area contributed by atoms with Crippen molar-refractivity contribution in [2.45, 2.75) is 32.6 Å². The van der Waals surface area contributed by atoms with Crippen LogP contribution in [0.15, 0.2) is 29.3 Å². The molecule has 0 saturated carbocycles. The summed E-state index contributed by atoms with van der Waals surface area (Å²) >= 11 is 0. The van der Waals surface area contributed by atoms with Crippen molar-refractivity contribution in [1.82, 2.24) is 9.97 Å². The van der Waals surface area contributed by atoms with Crippen LogP contribution in [0.25, 0.3) is 0 Å². The Morgan fingerprint density at radius 2 is 1.90 bits per heavy atom. The van der Waals surface area contributed by atoms with Gasteiger partial charge in [-0.25, -0.2) is 15.0 Å². The number of hydrogen-bond donors (Lipinski definition) is 2. The molecular formula is C16H19N5. The van der Waals surface area contributed by atoms with Gasteiger partial charge in [-0.05, 0) is 44.7 Å².